The Balaban J connectivity index is 2.75. The predicted molar refractivity (Wildman–Crippen MR) is 107 cm³/mol. The van der Waals surface area contributed by atoms with Crippen LogP contribution in [-0.4, -0.2) is 87.4 Å². The lowest BCUT2D eigenvalue weighted by Crippen LogP contribution is -2.43. The first-order valence-corrected chi connectivity index (χ1v) is 9.55. The molecule has 7 nitrogen and oxygen atoms in total. The number of rotatable bonds is 18. The quantitative estimate of drug-likeness (QED) is 0.351. The molecule has 0 N–H and O–H groups in total. The molecule has 1 rings (SSSR count). The Morgan fingerprint density at radius 2 is 1.04 bits per heavy atom. The van der Waals surface area contributed by atoms with E-state index in [4.69, 9.17) is 33.2 Å². The van der Waals surface area contributed by atoms with Crippen LogP contribution >= 0.6 is 0 Å². The minimum atomic E-state index is -0.458. The number of ether oxygens (including phenoxy) is 7. The van der Waals surface area contributed by atoms with Crippen LogP contribution in [0.4, 0.5) is 0 Å². The molecular formula is C21H36O7. The van der Waals surface area contributed by atoms with Crippen molar-refractivity contribution in [3.63, 3.8) is 0 Å². The molecule has 0 aliphatic carbocycles. The zero-order valence-corrected chi connectivity index (χ0v) is 17.7. The highest BCUT2D eigenvalue weighted by molar-refractivity contribution is 5.26. The van der Waals surface area contributed by atoms with Crippen LogP contribution in [0.2, 0.25) is 0 Å². The summed E-state index contributed by atoms with van der Waals surface area (Å²) < 4.78 is 38.8. The van der Waals surface area contributed by atoms with Crippen LogP contribution in [0.25, 0.3) is 0 Å². The van der Waals surface area contributed by atoms with E-state index in [2.05, 4.69) is 0 Å². The van der Waals surface area contributed by atoms with E-state index in [-0.39, 0.29) is 0 Å². The second kappa shape index (κ2) is 15.7. The topological polar surface area (TPSA) is 64.6 Å². The summed E-state index contributed by atoms with van der Waals surface area (Å²) in [5, 5.41) is 0. The first-order valence-electron chi connectivity index (χ1n) is 9.55. The Morgan fingerprint density at radius 1 is 0.607 bits per heavy atom. The highest BCUT2D eigenvalue weighted by atomic mass is 16.5. The minimum Gasteiger partial charge on any atom is -0.493 e. The van der Waals surface area contributed by atoms with Crippen molar-refractivity contribution in [2.75, 3.05) is 87.4 Å². The Labute approximate surface area is 169 Å². The first-order chi connectivity index (χ1) is 13.7. The van der Waals surface area contributed by atoms with Crippen molar-refractivity contribution in [3.05, 3.63) is 29.8 Å². The van der Waals surface area contributed by atoms with Crippen molar-refractivity contribution in [1.82, 2.24) is 0 Å². The fourth-order valence-electron chi connectivity index (χ4n) is 2.41. The molecule has 0 aliphatic rings. The SMILES string of the molecule is COCCOCC(COCCOC)(COCCOC)COc1ccc(C)cc1. The van der Waals surface area contributed by atoms with Gasteiger partial charge in [0.15, 0.2) is 0 Å². The Kier molecular flexibility index (Phi) is 13.9. The van der Waals surface area contributed by atoms with E-state index in [1.54, 1.807) is 21.3 Å². The molecule has 0 unspecified atom stereocenters. The Bertz CT molecular complexity index is 447. The molecule has 0 fully saturated rings. The van der Waals surface area contributed by atoms with Crippen LogP contribution in [0.5, 0.6) is 5.75 Å². The molecule has 0 saturated heterocycles. The van der Waals surface area contributed by atoms with Crippen LogP contribution < -0.4 is 4.74 Å². The van der Waals surface area contributed by atoms with Gasteiger partial charge < -0.3 is 33.2 Å². The van der Waals surface area contributed by atoms with E-state index in [0.29, 0.717) is 66.1 Å². The number of aryl methyl sites for hydroxylation is 1. The second-order valence-corrected chi connectivity index (χ2v) is 6.74. The van der Waals surface area contributed by atoms with Crippen molar-refractivity contribution in [2.24, 2.45) is 5.41 Å². The zero-order chi connectivity index (χ0) is 20.5. The molecule has 0 radical (unpaired) electrons. The van der Waals surface area contributed by atoms with E-state index in [9.17, 15) is 0 Å². The molecule has 0 amide bonds. The van der Waals surface area contributed by atoms with Crippen LogP contribution in [-0.2, 0) is 28.4 Å². The van der Waals surface area contributed by atoms with Crippen LogP contribution in [0.3, 0.4) is 0 Å². The van der Waals surface area contributed by atoms with Gasteiger partial charge in [0.05, 0.1) is 64.9 Å². The van der Waals surface area contributed by atoms with Gasteiger partial charge in [-0.3, -0.25) is 0 Å². The van der Waals surface area contributed by atoms with Gasteiger partial charge in [0, 0.05) is 21.3 Å². The summed E-state index contributed by atoms with van der Waals surface area (Å²) in [5.74, 6) is 0.806. The Morgan fingerprint density at radius 3 is 1.43 bits per heavy atom. The monoisotopic (exact) mass is 400 g/mol. The molecule has 1 aromatic rings. The lowest BCUT2D eigenvalue weighted by molar-refractivity contribution is -0.0995. The molecule has 7 heteroatoms. The van der Waals surface area contributed by atoms with Gasteiger partial charge in [0.1, 0.15) is 12.4 Å². The van der Waals surface area contributed by atoms with E-state index >= 15 is 0 Å². The molecule has 0 aliphatic heterocycles. The van der Waals surface area contributed by atoms with Crippen molar-refractivity contribution in [2.45, 2.75) is 6.92 Å². The van der Waals surface area contributed by atoms with Gasteiger partial charge in [-0.15, -0.1) is 0 Å². The average Bonchev–Trinajstić information content (AvgIpc) is 2.71. The average molecular weight is 401 g/mol. The number of methoxy groups -OCH3 is 3. The van der Waals surface area contributed by atoms with Crippen LogP contribution in [0, 0.1) is 12.3 Å². The second-order valence-electron chi connectivity index (χ2n) is 6.74. The lowest BCUT2D eigenvalue weighted by atomic mass is 9.92. The van der Waals surface area contributed by atoms with E-state index in [1.165, 1.54) is 5.56 Å². The fraction of sp³-hybridized carbons (Fsp3) is 0.714. The van der Waals surface area contributed by atoms with Gasteiger partial charge in [-0.1, -0.05) is 17.7 Å². The van der Waals surface area contributed by atoms with Gasteiger partial charge >= 0.3 is 0 Å². The molecule has 162 valence electrons. The van der Waals surface area contributed by atoms with Gasteiger partial charge in [-0.25, -0.2) is 0 Å². The molecular weight excluding hydrogens is 364 g/mol. The molecule has 0 saturated carbocycles. The zero-order valence-electron chi connectivity index (χ0n) is 17.7. The smallest absolute Gasteiger partial charge is 0.119 e. The summed E-state index contributed by atoms with van der Waals surface area (Å²) in [7, 11) is 4.95. The van der Waals surface area contributed by atoms with Crippen molar-refractivity contribution in [3.8, 4) is 5.75 Å². The largest absolute Gasteiger partial charge is 0.493 e. The third kappa shape index (κ3) is 10.9. The molecule has 28 heavy (non-hydrogen) atoms. The summed E-state index contributed by atoms with van der Waals surface area (Å²) >= 11 is 0. The standard InChI is InChI=1S/C21H36O7/c1-19-5-7-20(8-6-19)28-18-21(15-25-12-9-22-2,16-26-13-10-23-3)17-27-14-11-24-4/h5-8H,9-18H2,1-4H3. The Hall–Kier alpha value is -1.22. The maximum absolute atomic E-state index is 6.06. The third-order valence-electron chi connectivity index (χ3n) is 4.09. The van der Waals surface area contributed by atoms with Gasteiger partial charge in [0.2, 0.25) is 0 Å². The van der Waals surface area contributed by atoms with E-state index in [1.807, 2.05) is 31.2 Å². The first kappa shape index (κ1) is 24.8. The van der Waals surface area contributed by atoms with E-state index in [0.717, 1.165) is 5.75 Å². The van der Waals surface area contributed by atoms with Crippen molar-refractivity contribution in [1.29, 1.82) is 0 Å². The highest BCUT2D eigenvalue weighted by Crippen LogP contribution is 2.23. The number of hydrogen-bond acceptors (Lipinski definition) is 7. The lowest BCUT2D eigenvalue weighted by Gasteiger charge is -2.33. The number of benzene rings is 1. The van der Waals surface area contributed by atoms with Gasteiger partial charge in [-0.2, -0.15) is 0 Å². The maximum Gasteiger partial charge on any atom is 0.119 e. The normalized spacial score (nSPS) is 11.7. The molecule has 1 aromatic carbocycles. The maximum atomic E-state index is 6.06. The molecule has 0 spiro atoms. The summed E-state index contributed by atoms with van der Waals surface area (Å²) in [4.78, 5) is 0. The number of hydrogen-bond donors (Lipinski definition) is 0. The molecule has 0 aromatic heterocycles. The molecule has 0 heterocycles. The van der Waals surface area contributed by atoms with Crippen LogP contribution in [0.15, 0.2) is 24.3 Å². The van der Waals surface area contributed by atoms with E-state index < -0.39 is 5.41 Å². The predicted octanol–water partition coefficient (Wildman–Crippen LogP) is 2.35. The highest BCUT2D eigenvalue weighted by Gasteiger charge is 2.33. The molecule has 0 bridgehead atoms. The fourth-order valence-corrected chi connectivity index (χ4v) is 2.41. The minimum absolute atomic E-state index is 0.406. The summed E-state index contributed by atoms with van der Waals surface area (Å²) in [6, 6.07) is 7.97. The van der Waals surface area contributed by atoms with Crippen molar-refractivity contribution < 1.29 is 33.2 Å². The molecule has 0 atom stereocenters. The summed E-state index contributed by atoms with van der Waals surface area (Å²) in [5.41, 5.74) is 0.729. The van der Waals surface area contributed by atoms with Crippen molar-refractivity contribution >= 4 is 0 Å². The summed E-state index contributed by atoms with van der Waals surface area (Å²) in [6.07, 6.45) is 0. The third-order valence-corrected chi connectivity index (χ3v) is 4.09. The van der Waals surface area contributed by atoms with Gasteiger partial charge in [0.25, 0.3) is 0 Å². The van der Waals surface area contributed by atoms with Crippen LogP contribution in [0.1, 0.15) is 5.56 Å². The van der Waals surface area contributed by atoms with Gasteiger partial charge in [-0.05, 0) is 19.1 Å². The summed E-state index contributed by atoms with van der Waals surface area (Å²) in [6.45, 7) is 6.84.